The summed E-state index contributed by atoms with van der Waals surface area (Å²) in [5.74, 6) is 0.0935. The van der Waals surface area contributed by atoms with Crippen LogP contribution in [-0.2, 0) is 4.79 Å². The fraction of sp³-hybridized carbons (Fsp3) is 0.0625. The summed E-state index contributed by atoms with van der Waals surface area (Å²) in [5.41, 5.74) is 2.43. The van der Waals surface area contributed by atoms with Gasteiger partial charge >= 0.3 is 0 Å². The third-order valence-corrected chi connectivity index (χ3v) is 4.96. The lowest BCUT2D eigenvalue weighted by molar-refractivity contribution is -0.110. The Kier molecular flexibility index (Phi) is 4.53. The summed E-state index contributed by atoms with van der Waals surface area (Å²) in [7, 11) is 1.48. The summed E-state index contributed by atoms with van der Waals surface area (Å²) in [5, 5.41) is 13.1. The maximum atomic E-state index is 12.3. The first-order valence-corrected chi connectivity index (χ1v) is 8.87. The molecule has 2 aromatic rings. The number of nitrogens with one attached hydrogen (secondary N) is 1. The number of phenols is 1. The first-order chi connectivity index (χ1) is 10.9. The minimum Gasteiger partial charge on any atom is -0.504 e. The number of hydrogen-bond acceptors (Lipinski definition) is 3. The molecule has 3 rings (SSSR count). The molecule has 118 valence electrons. The van der Waals surface area contributed by atoms with E-state index in [4.69, 9.17) is 4.74 Å². The van der Waals surface area contributed by atoms with Gasteiger partial charge in [0.15, 0.2) is 11.5 Å². The predicted octanol–water partition coefficient (Wildman–Crippen LogP) is 5.18. The van der Waals surface area contributed by atoms with Gasteiger partial charge in [-0.2, -0.15) is 0 Å². The molecule has 1 amide bonds. The molecule has 0 aromatic heterocycles. The maximum absolute atomic E-state index is 12.3. The molecule has 23 heavy (non-hydrogen) atoms. The van der Waals surface area contributed by atoms with E-state index in [-0.39, 0.29) is 11.7 Å². The number of phenolic OH excluding ortho intramolecular Hbond substituents is 1. The van der Waals surface area contributed by atoms with E-state index in [0.29, 0.717) is 22.6 Å². The highest BCUT2D eigenvalue weighted by Crippen LogP contribution is 2.42. The lowest BCUT2D eigenvalue weighted by atomic mass is 10.0. The summed E-state index contributed by atoms with van der Waals surface area (Å²) in [4.78, 5) is 12.3. The van der Waals surface area contributed by atoms with Crippen LogP contribution in [0.15, 0.2) is 37.7 Å². The average Bonchev–Trinajstić information content (AvgIpc) is 2.79. The Hall–Kier alpha value is -1.31. The van der Waals surface area contributed by atoms with Gasteiger partial charge in [0, 0.05) is 30.1 Å². The number of methoxy groups -OCH3 is 1. The molecule has 1 heterocycles. The topological polar surface area (TPSA) is 58.6 Å². The quantitative estimate of drug-likeness (QED) is 0.555. The van der Waals surface area contributed by atoms with Crippen molar-refractivity contribution in [3.8, 4) is 11.5 Å². The number of carbonyl (C=O) groups is 1. The van der Waals surface area contributed by atoms with E-state index in [1.165, 1.54) is 7.11 Å². The number of amides is 1. The largest absolute Gasteiger partial charge is 0.504 e. The number of anilines is 1. The Bertz CT molecular complexity index is 862. The molecule has 0 saturated heterocycles. The molecule has 1 aliphatic rings. The number of carbonyl (C=O) groups excluding carboxylic acids is 1. The number of hydrogen-bond donors (Lipinski definition) is 2. The van der Waals surface area contributed by atoms with Crippen LogP contribution < -0.4 is 10.1 Å². The SMILES string of the molecule is COc1cc(Br)cc(C=C2C(=O)Nc3c(Br)cc(Br)cc32)c1O. The van der Waals surface area contributed by atoms with E-state index >= 15 is 0 Å². The monoisotopic (exact) mass is 501 g/mol. The van der Waals surface area contributed by atoms with Gasteiger partial charge in [-0.05, 0) is 46.3 Å². The second-order valence-electron chi connectivity index (χ2n) is 4.87. The van der Waals surface area contributed by atoms with Crippen molar-refractivity contribution in [2.24, 2.45) is 0 Å². The summed E-state index contributed by atoms with van der Waals surface area (Å²) in [6.07, 6.45) is 1.64. The standard InChI is InChI=1S/C16H10Br3NO3/c1-23-13-6-8(17)2-7(15(13)21)3-11-10-4-9(18)5-12(19)14(10)20-16(11)22/h2-6,21H,1H3,(H,20,22). The van der Waals surface area contributed by atoms with Crippen LogP contribution in [0, 0.1) is 0 Å². The van der Waals surface area contributed by atoms with Crippen LogP contribution in [0.3, 0.4) is 0 Å². The first kappa shape index (κ1) is 16.5. The zero-order chi connectivity index (χ0) is 16.7. The third kappa shape index (κ3) is 3.05. The Morgan fingerprint density at radius 3 is 2.52 bits per heavy atom. The van der Waals surface area contributed by atoms with Gasteiger partial charge in [-0.25, -0.2) is 0 Å². The van der Waals surface area contributed by atoms with Gasteiger partial charge in [0.05, 0.1) is 12.8 Å². The molecule has 0 bridgehead atoms. The van der Waals surface area contributed by atoms with E-state index in [2.05, 4.69) is 53.1 Å². The van der Waals surface area contributed by atoms with Crippen LogP contribution in [0.5, 0.6) is 11.5 Å². The van der Waals surface area contributed by atoms with E-state index in [9.17, 15) is 9.90 Å². The molecule has 1 aliphatic heterocycles. The van der Waals surface area contributed by atoms with Crippen LogP contribution >= 0.6 is 47.8 Å². The van der Waals surface area contributed by atoms with Gasteiger partial charge < -0.3 is 15.2 Å². The highest BCUT2D eigenvalue weighted by Gasteiger charge is 2.27. The van der Waals surface area contributed by atoms with Crippen LogP contribution in [0.4, 0.5) is 5.69 Å². The van der Waals surface area contributed by atoms with Crippen molar-refractivity contribution in [3.05, 3.63) is 48.8 Å². The normalized spacial score (nSPS) is 14.8. The van der Waals surface area contributed by atoms with E-state index in [1.54, 1.807) is 18.2 Å². The van der Waals surface area contributed by atoms with Crippen LogP contribution in [0.2, 0.25) is 0 Å². The average molecular weight is 504 g/mol. The summed E-state index contributed by atoms with van der Waals surface area (Å²) in [6, 6.07) is 7.11. The Morgan fingerprint density at radius 1 is 1.13 bits per heavy atom. The number of rotatable bonds is 2. The number of fused-ring (bicyclic) bond motifs is 1. The van der Waals surface area contributed by atoms with Crippen LogP contribution in [-0.4, -0.2) is 18.1 Å². The molecule has 0 aliphatic carbocycles. The number of halogens is 3. The highest BCUT2D eigenvalue weighted by molar-refractivity contribution is 9.11. The Labute approximate surface area is 157 Å². The van der Waals surface area contributed by atoms with Crippen LogP contribution in [0.25, 0.3) is 11.6 Å². The number of aromatic hydroxyl groups is 1. The van der Waals surface area contributed by atoms with Crippen molar-refractivity contribution in [3.63, 3.8) is 0 Å². The molecule has 7 heteroatoms. The van der Waals surface area contributed by atoms with Gasteiger partial charge in [-0.15, -0.1) is 0 Å². The second-order valence-corrected chi connectivity index (χ2v) is 7.55. The molecule has 0 atom stereocenters. The van der Waals surface area contributed by atoms with Gasteiger partial charge in [0.2, 0.25) is 0 Å². The fourth-order valence-electron chi connectivity index (χ4n) is 2.38. The van der Waals surface area contributed by atoms with Gasteiger partial charge in [0.1, 0.15) is 0 Å². The minimum absolute atomic E-state index is 0.0153. The molecule has 0 unspecified atom stereocenters. The molecular formula is C16H10Br3NO3. The molecule has 0 radical (unpaired) electrons. The summed E-state index contributed by atoms with van der Waals surface area (Å²) >= 11 is 10.2. The number of ether oxygens (including phenoxy) is 1. The summed E-state index contributed by atoms with van der Waals surface area (Å²) < 4.78 is 7.52. The van der Waals surface area contributed by atoms with Gasteiger partial charge in [-0.3, -0.25) is 4.79 Å². The molecule has 0 fully saturated rings. The zero-order valence-corrected chi connectivity index (χ0v) is 16.5. The van der Waals surface area contributed by atoms with Crippen molar-refractivity contribution >= 4 is 71.0 Å². The smallest absolute Gasteiger partial charge is 0.256 e. The molecule has 4 nitrogen and oxygen atoms in total. The lowest BCUT2D eigenvalue weighted by Crippen LogP contribution is -2.03. The van der Waals surface area contributed by atoms with E-state index < -0.39 is 0 Å². The zero-order valence-electron chi connectivity index (χ0n) is 11.8. The van der Waals surface area contributed by atoms with Crippen molar-refractivity contribution in [2.45, 2.75) is 0 Å². The minimum atomic E-state index is -0.225. The second kappa shape index (κ2) is 6.30. The maximum Gasteiger partial charge on any atom is 0.256 e. The molecule has 0 spiro atoms. The fourth-order valence-corrected chi connectivity index (χ4v) is 4.15. The lowest BCUT2D eigenvalue weighted by Gasteiger charge is -2.08. The highest BCUT2D eigenvalue weighted by atomic mass is 79.9. The van der Waals surface area contributed by atoms with Gasteiger partial charge in [0.25, 0.3) is 5.91 Å². The Morgan fingerprint density at radius 2 is 1.83 bits per heavy atom. The predicted molar refractivity (Wildman–Crippen MR) is 101 cm³/mol. The van der Waals surface area contributed by atoms with Gasteiger partial charge in [-0.1, -0.05) is 31.9 Å². The third-order valence-electron chi connectivity index (χ3n) is 3.42. The van der Waals surface area contributed by atoms with Crippen molar-refractivity contribution < 1.29 is 14.6 Å². The first-order valence-electron chi connectivity index (χ1n) is 6.49. The molecule has 2 aromatic carbocycles. The summed E-state index contributed by atoms with van der Waals surface area (Å²) in [6.45, 7) is 0. The van der Waals surface area contributed by atoms with E-state index in [0.717, 1.165) is 19.0 Å². The molecule has 0 saturated carbocycles. The van der Waals surface area contributed by atoms with E-state index in [1.807, 2.05) is 12.1 Å². The van der Waals surface area contributed by atoms with Crippen molar-refractivity contribution in [2.75, 3.05) is 12.4 Å². The number of benzene rings is 2. The van der Waals surface area contributed by atoms with Crippen molar-refractivity contribution in [1.29, 1.82) is 0 Å². The molecule has 2 N–H and O–H groups in total. The van der Waals surface area contributed by atoms with Crippen LogP contribution in [0.1, 0.15) is 11.1 Å². The molecular weight excluding hydrogens is 494 g/mol. The van der Waals surface area contributed by atoms with Crippen molar-refractivity contribution in [1.82, 2.24) is 0 Å². The Balaban J connectivity index is 2.19.